The lowest BCUT2D eigenvalue weighted by Crippen LogP contribution is -2.00. The highest BCUT2D eigenvalue weighted by atomic mass is 16.4. The van der Waals surface area contributed by atoms with Gasteiger partial charge in [0.1, 0.15) is 0 Å². The van der Waals surface area contributed by atoms with Crippen molar-refractivity contribution in [3.8, 4) is 0 Å². The van der Waals surface area contributed by atoms with Crippen LogP contribution in [0.4, 0.5) is 5.69 Å². The Balaban J connectivity index is 2.30. The molecule has 1 aliphatic rings. The van der Waals surface area contributed by atoms with E-state index in [0.29, 0.717) is 5.92 Å². The van der Waals surface area contributed by atoms with E-state index in [2.05, 4.69) is 12.2 Å². The number of rotatable bonds is 2. The number of aliphatic carboxylic acids is 1. The van der Waals surface area contributed by atoms with Crippen LogP contribution < -0.4 is 5.32 Å². The van der Waals surface area contributed by atoms with Crippen LogP contribution in [0.3, 0.4) is 0 Å². The van der Waals surface area contributed by atoms with Crippen LogP contribution in [0, 0.1) is 0 Å². The van der Waals surface area contributed by atoms with Crippen molar-refractivity contribution in [1.29, 1.82) is 0 Å². The molecule has 14 heavy (non-hydrogen) atoms. The SMILES string of the molecule is CC1CNc2ccc(CC(=O)O)cc21. The number of carboxylic acid groups (broad SMARTS) is 1. The normalized spacial score (nSPS) is 18.8. The van der Waals surface area contributed by atoms with E-state index in [1.807, 2.05) is 18.2 Å². The van der Waals surface area contributed by atoms with E-state index in [0.717, 1.165) is 17.8 Å². The summed E-state index contributed by atoms with van der Waals surface area (Å²) in [7, 11) is 0. The number of fused-ring (bicyclic) bond motifs is 1. The Morgan fingerprint density at radius 1 is 1.64 bits per heavy atom. The van der Waals surface area contributed by atoms with E-state index in [9.17, 15) is 4.79 Å². The minimum atomic E-state index is -0.774. The fourth-order valence-electron chi connectivity index (χ4n) is 1.84. The predicted octanol–water partition coefficient (Wildman–Crippen LogP) is 1.84. The van der Waals surface area contributed by atoms with Crippen LogP contribution in [-0.4, -0.2) is 17.6 Å². The zero-order valence-corrected chi connectivity index (χ0v) is 8.08. The summed E-state index contributed by atoms with van der Waals surface area (Å²) < 4.78 is 0. The zero-order chi connectivity index (χ0) is 10.1. The number of carboxylic acids is 1. The summed E-state index contributed by atoms with van der Waals surface area (Å²) in [6.07, 6.45) is 0.111. The third-order valence-electron chi connectivity index (χ3n) is 2.60. The Kier molecular flexibility index (Phi) is 2.15. The molecule has 0 fully saturated rings. The molecule has 0 aliphatic carbocycles. The number of anilines is 1. The topological polar surface area (TPSA) is 49.3 Å². The van der Waals surface area contributed by atoms with Gasteiger partial charge in [-0.25, -0.2) is 0 Å². The van der Waals surface area contributed by atoms with Gasteiger partial charge in [0, 0.05) is 18.2 Å². The van der Waals surface area contributed by atoms with Crippen molar-refractivity contribution in [2.24, 2.45) is 0 Å². The smallest absolute Gasteiger partial charge is 0.307 e. The summed E-state index contributed by atoms with van der Waals surface area (Å²) >= 11 is 0. The summed E-state index contributed by atoms with van der Waals surface area (Å²) in [4.78, 5) is 10.5. The van der Waals surface area contributed by atoms with Crippen molar-refractivity contribution >= 4 is 11.7 Å². The zero-order valence-electron chi connectivity index (χ0n) is 8.08. The molecule has 1 unspecified atom stereocenters. The first-order valence-corrected chi connectivity index (χ1v) is 4.75. The molecule has 0 saturated carbocycles. The molecule has 1 aliphatic heterocycles. The molecule has 0 bridgehead atoms. The first kappa shape index (κ1) is 9.06. The maximum absolute atomic E-state index is 10.5. The highest BCUT2D eigenvalue weighted by Crippen LogP contribution is 2.31. The molecule has 74 valence electrons. The molecule has 2 N–H and O–H groups in total. The van der Waals surface area contributed by atoms with Crippen LogP contribution in [0.5, 0.6) is 0 Å². The molecule has 1 aromatic carbocycles. The number of benzene rings is 1. The molecule has 1 aromatic rings. The second-order valence-electron chi connectivity index (χ2n) is 3.77. The highest BCUT2D eigenvalue weighted by Gasteiger charge is 2.18. The number of hydrogen-bond acceptors (Lipinski definition) is 2. The van der Waals surface area contributed by atoms with Crippen molar-refractivity contribution in [3.63, 3.8) is 0 Å². The number of nitrogens with one attached hydrogen (secondary N) is 1. The van der Waals surface area contributed by atoms with Gasteiger partial charge in [-0.05, 0) is 17.2 Å². The van der Waals surface area contributed by atoms with Gasteiger partial charge in [-0.2, -0.15) is 0 Å². The van der Waals surface area contributed by atoms with Crippen LogP contribution in [0.15, 0.2) is 18.2 Å². The molecular formula is C11H13NO2. The van der Waals surface area contributed by atoms with Crippen LogP contribution in [-0.2, 0) is 11.2 Å². The lowest BCUT2D eigenvalue weighted by atomic mass is 10.00. The first-order valence-electron chi connectivity index (χ1n) is 4.75. The lowest BCUT2D eigenvalue weighted by molar-refractivity contribution is -0.136. The Morgan fingerprint density at radius 2 is 2.43 bits per heavy atom. The Bertz CT molecular complexity index is 374. The minimum Gasteiger partial charge on any atom is -0.481 e. The van der Waals surface area contributed by atoms with Crippen LogP contribution in [0.2, 0.25) is 0 Å². The molecule has 2 rings (SSSR count). The maximum Gasteiger partial charge on any atom is 0.307 e. The van der Waals surface area contributed by atoms with Gasteiger partial charge in [-0.1, -0.05) is 19.1 Å². The summed E-state index contributed by atoms with van der Waals surface area (Å²) in [5, 5.41) is 11.9. The molecule has 0 saturated heterocycles. The second-order valence-corrected chi connectivity index (χ2v) is 3.77. The van der Waals surface area contributed by atoms with Crippen molar-refractivity contribution in [3.05, 3.63) is 29.3 Å². The van der Waals surface area contributed by atoms with Gasteiger partial charge in [0.15, 0.2) is 0 Å². The van der Waals surface area contributed by atoms with Gasteiger partial charge in [0.2, 0.25) is 0 Å². The monoisotopic (exact) mass is 191 g/mol. The third-order valence-corrected chi connectivity index (χ3v) is 2.60. The molecule has 3 nitrogen and oxygen atoms in total. The molecular weight excluding hydrogens is 178 g/mol. The highest BCUT2D eigenvalue weighted by molar-refractivity contribution is 5.71. The summed E-state index contributed by atoms with van der Waals surface area (Å²) in [5.41, 5.74) is 3.27. The molecule has 0 aromatic heterocycles. The molecule has 0 spiro atoms. The van der Waals surface area contributed by atoms with E-state index in [4.69, 9.17) is 5.11 Å². The van der Waals surface area contributed by atoms with Gasteiger partial charge in [0.05, 0.1) is 6.42 Å². The van der Waals surface area contributed by atoms with Gasteiger partial charge >= 0.3 is 5.97 Å². The molecule has 0 amide bonds. The standard InChI is InChI=1S/C11H13NO2/c1-7-6-12-10-3-2-8(4-9(7)10)5-11(13)14/h2-4,7,12H,5-6H2,1H3,(H,13,14). The van der Waals surface area contributed by atoms with E-state index in [-0.39, 0.29) is 6.42 Å². The second kappa shape index (κ2) is 3.33. The largest absolute Gasteiger partial charge is 0.481 e. The lowest BCUT2D eigenvalue weighted by Gasteiger charge is -2.04. The average molecular weight is 191 g/mol. The first-order chi connectivity index (χ1) is 6.66. The van der Waals surface area contributed by atoms with Crippen LogP contribution >= 0.6 is 0 Å². The van der Waals surface area contributed by atoms with Crippen molar-refractivity contribution in [2.45, 2.75) is 19.3 Å². The fraction of sp³-hybridized carbons (Fsp3) is 0.364. The Morgan fingerprint density at radius 3 is 3.14 bits per heavy atom. The molecule has 0 radical (unpaired) electrons. The van der Waals surface area contributed by atoms with Gasteiger partial charge in [-0.15, -0.1) is 0 Å². The maximum atomic E-state index is 10.5. The van der Waals surface area contributed by atoms with Gasteiger partial charge < -0.3 is 10.4 Å². The Hall–Kier alpha value is -1.51. The third kappa shape index (κ3) is 1.58. The fourth-order valence-corrected chi connectivity index (χ4v) is 1.84. The van der Waals surface area contributed by atoms with E-state index in [1.54, 1.807) is 0 Å². The summed E-state index contributed by atoms with van der Waals surface area (Å²) in [5.74, 6) is -0.290. The molecule has 3 heteroatoms. The van der Waals surface area contributed by atoms with Gasteiger partial charge in [0.25, 0.3) is 0 Å². The minimum absolute atomic E-state index is 0.111. The van der Waals surface area contributed by atoms with Gasteiger partial charge in [-0.3, -0.25) is 4.79 Å². The van der Waals surface area contributed by atoms with Crippen LogP contribution in [0.1, 0.15) is 24.0 Å². The summed E-state index contributed by atoms with van der Waals surface area (Å²) in [6.45, 7) is 3.09. The van der Waals surface area contributed by atoms with Crippen molar-refractivity contribution in [2.75, 3.05) is 11.9 Å². The van der Waals surface area contributed by atoms with Crippen LogP contribution in [0.25, 0.3) is 0 Å². The predicted molar refractivity (Wildman–Crippen MR) is 54.7 cm³/mol. The molecule has 1 heterocycles. The molecule has 1 atom stereocenters. The number of hydrogen-bond donors (Lipinski definition) is 2. The Labute approximate surface area is 82.8 Å². The van der Waals surface area contributed by atoms with E-state index in [1.165, 1.54) is 5.56 Å². The van der Waals surface area contributed by atoms with Crippen molar-refractivity contribution in [1.82, 2.24) is 0 Å². The van der Waals surface area contributed by atoms with E-state index >= 15 is 0 Å². The summed E-state index contributed by atoms with van der Waals surface area (Å²) in [6, 6.07) is 5.84. The van der Waals surface area contributed by atoms with E-state index < -0.39 is 5.97 Å². The van der Waals surface area contributed by atoms with Crippen molar-refractivity contribution < 1.29 is 9.90 Å². The number of carbonyl (C=O) groups is 1. The average Bonchev–Trinajstić information content (AvgIpc) is 2.47. The quantitative estimate of drug-likeness (QED) is 0.750.